The lowest BCUT2D eigenvalue weighted by molar-refractivity contribution is -0.120. The molecule has 0 aliphatic carbocycles. The predicted octanol–water partition coefficient (Wildman–Crippen LogP) is 4.99. The van der Waals surface area contributed by atoms with E-state index in [1.807, 2.05) is 72.8 Å². The molecule has 5 rings (SSSR count). The molecule has 2 amide bonds. The number of hydrogen-bond acceptors (Lipinski definition) is 5. The smallest absolute Gasteiger partial charge is 0.258 e. The van der Waals surface area contributed by atoms with Gasteiger partial charge in [0, 0.05) is 17.8 Å². The minimum atomic E-state index is -0.192. The molecule has 7 heteroatoms. The maximum Gasteiger partial charge on any atom is 0.258 e. The first kappa shape index (κ1) is 24.6. The Labute approximate surface area is 220 Å². The Morgan fingerprint density at radius 3 is 2.37 bits per heavy atom. The molecule has 4 aromatic carbocycles. The SMILES string of the molecule is N#Cc1ccc(C(=O)N(Cc2ccccc2)c2cccc(CC(=O)NCc3ccc4c(c3)OCO4)c2)cc1. The molecule has 1 heterocycles. The van der Waals surface area contributed by atoms with Crippen molar-refractivity contribution in [2.45, 2.75) is 19.5 Å². The number of rotatable bonds is 8. The van der Waals surface area contributed by atoms with Crippen LogP contribution in [0.2, 0.25) is 0 Å². The second kappa shape index (κ2) is 11.3. The molecule has 0 saturated heterocycles. The first-order valence-corrected chi connectivity index (χ1v) is 12.2. The van der Waals surface area contributed by atoms with Crippen molar-refractivity contribution in [3.63, 3.8) is 0 Å². The van der Waals surface area contributed by atoms with Crippen molar-refractivity contribution in [2.24, 2.45) is 0 Å². The zero-order valence-electron chi connectivity index (χ0n) is 20.6. The Kier molecular flexibility index (Phi) is 7.32. The van der Waals surface area contributed by atoms with Crippen LogP contribution in [0.15, 0.2) is 97.1 Å². The molecule has 188 valence electrons. The number of nitriles is 1. The van der Waals surface area contributed by atoms with Crippen molar-refractivity contribution in [3.05, 3.63) is 125 Å². The Morgan fingerprint density at radius 1 is 0.816 bits per heavy atom. The van der Waals surface area contributed by atoms with E-state index in [1.165, 1.54) is 0 Å². The van der Waals surface area contributed by atoms with E-state index in [0.717, 1.165) is 16.7 Å². The summed E-state index contributed by atoms with van der Waals surface area (Å²) in [6.07, 6.45) is 0.169. The van der Waals surface area contributed by atoms with Crippen molar-refractivity contribution >= 4 is 17.5 Å². The quantitative estimate of drug-likeness (QED) is 0.366. The van der Waals surface area contributed by atoms with Crippen LogP contribution >= 0.6 is 0 Å². The summed E-state index contributed by atoms with van der Waals surface area (Å²) in [5, 5.41) is 12.0. The first-order valence-electron chi connectivity index (χ1n) is 12.2. The Balaban J connectivity index is 1.31. The van der Waals surface area contributed by atoms with Crippen LogP contribution in [-0.2, 0) is 24.3 Å². The van der Waals surface area contributed by atoms with Crippen LogP contribution in [-0.4, -0.2) is 18.6 Å². The largest absolute Gasteiger partial charge is 0.454 e. The number of fused-ring (bicyclic) bond motifs is 1. The summed E-state index contributed by atoms with van der Waals surface area (Å²) in [7, 11) is 0. The van der Waals surface area contributed by atoms with Crippen molar-refractivity contribution in [3.8, 4) is 17.6 Å². The number of benzene rings is 4. The van der Waals surface area contributed by atoms with E-state index in [2.05, 4.69) is 11.4 Å². The van der Waals surface area contributed by atoms with Gasteiger partial charge in [0.15, 0.2) is 11.5 Å². The molecule has 0 aromatic heterocycles. The van der Waals surface area contributed by atoms with Crippen LogP contribution in [0.1, 0.15) is 32.6 Å². The van der Waals surface area contributed by atoms with Gasteiger partial charge in [0.05, 0.1) is 24.6 Å². The summed E-state index contributed by atoms with van der Waals surface area (Å²) in [5.74, 6) is 1.05. The third-order valence-corrected chi connectivity index (χ3v) is 6.20. The van der Waals surface area contributed by atoms with Gasteiger partial charge in [-0.3, -0.25) is 9.59 Å². The molecule has 4 aromatic rings. The number of amides is 2. The van der Waals surface area contributed by atoms with Gasteiger partial charge in [0.25, 0.3) is 5.91 Å². The Hall–Kier alpha value is -5.09. The van der Waals surface area contributed by atoms with Crippen molar-refractivity contribution in [1.29, 1.82) is 5.26 Å². The number of nitrogens with one attached hydrogen (secondary N) is 1. The monoisotopic (exact) mass is 503 g/mol. The molecule has 0 saturated carbocycles. The van der Waals surface area contributed by atoms with Gasteiger partial charge in [0.1, 0.15) is 0 Å². The van der Waals surface area contributed by atoms with Gasteiger partial charge in [-0.05, 0) is 65.2 Å². The molecule has 0 bridgehead atoms. The van der Waals surface area contributed by atoms with Crippen LogP contribution in [0.25, 0.3) is 0 Å². The van der Waals surface area contributed by atoms with E-state index in [1.54, 1.807) is 29.2 Å². The molecule has 7 nitrogen and oxygen atoms in total. The summed E-state index contributed by atoms with van der Waals surface area (Å²) >= 11 is 0. The third-order valence-electron chi connectivity index (χ3n) is 6.20. The number of hydrogen-bond donors (Lipinski definition) is 1. The number of ether oxygens (including phenoxy) is 2. The van der Waals surface area contributed by atoms with Crippen molar-refractivity contribution < 1.29 is 19.1 Å². The van der Waals surface area contributed by atoms with E-state index >= 15 is 0 Å². The lowest BCUT2D eigenvalue weighted by atomic mass is 10.1. The number of anilines is 1. The molecule has 0 atom stereocenters. The highest BCUT2D eigenvalue weighted by atomic mass is 16.7. The molecule has 1 N–H and O–H groups in total. The molecule has 0 fully saturated rings. The fourth-order valence-corrected chi connectivity index (χ4v) is 4.22. The highest BCUT2D eigenvalue weighted by molar-refractivity contribution is 6.06. The topological polar surface area (TPSA) is 91.7 Å². The lowest BCUT2D eigenvalue weighted by Crippen LogP contribution is -2.30. The van der Waals surface area contributed by atoms with Crippen molar-refractivity contribution in [2.75, 3.05) is 11.7 Å². The maximum atomic E-state index is 13.6. The summed E-state index contributed by atoms with van der Waals surface area (Å²) in [4.78, 5) is 28.0. The summed E-state index contributed by atoms with van der Waals surface area (Å²) < 4.78 is 10.7. The van der Waals surface area contributed by atoms with Gasteiger partial charge < -0.3 is 19.7 Å². The normalized spacial score (nSPS) is 11.4. The number of carbonyl (C=O) groups is 2. The average Bonchev–Trinajstić information content (AvgIpc) is 3.43. The molecule has 0 spiro atoms. The van der Waals surface area contributed by atoms with E-state index in [0.29, 0.717) is 41.4 Å². The lowest BCUT2D eigenvalue weighted by Gasteiger charge is -2.24. The fourth-order valence-electron chi connectivity index (χ4n) is 4.22. The van der Waals surface area contributed by atoms with E-state index in [-0.39, 0.29) is 25.0 Å². The van der Waals surface area contributed by atoms with Gasteiger partial charge in [-0.15, -0.1) is 0 Å². The van der Waals surface area contributed by atoms with Crippen LogP contribution in [0, 0.1) is 11.3 Å². The van der Waals surface area contributed by atoms with Crippen LogP contribution < -0.4 is 19.7 Å². The van der Waals surface area contributed by atoms with Crippen LogP contribution in [0.3, 0.4) is 0 Å². The molecule has 1 aliphatic heterocycles. The van der Waals surface area contributed by atoms with E-state index < -0.39 is 0 Å². The molecule has 1 aliphatic rings. The third kappa shape index (κ3) is 5.82. The molecule has 0 unspecified atom stereocenters. The van der Waals surface area contributed by atoms with Gasteiger partial charge in [-0.25, -0.2) is 0 Å². The zero-order valence-corrected chi connectivity index (χ0v) is 20.6. The van der Waals surface area contributed by atoms with Gasteiger partial charge >= 0.3 is 0 Å². The average molecular weight is 504 g/mol. The number of nitrogens with zero attached hydrogens (tertiary/aromatic N) is 2. The Morgan fingerprint density at radius 2 is 1.58 bits per heavy atom. The van der Waals surface area contributed by atoms with Crippen molar-refractivity contribution in [1.82, 2.24) is 5.32 Å². The molecule has 0 radical (unpaired) electrons. The zero-order chi connectivity index (χ0) is 26.3. The fraction of sp³-hybridized carbons (Fsp3) is 0.129. The second-order valence-corrected chi connectivity index (χ2v) is 8.88. The standard InChI is InChI=1S/C31H25N3O4/c32-18-22-9-12-26(13-10-22)31(36)34(20-23-5-2-1-3-6-23)27-8-4-7-24(15-27)17-30(35)33-19-25-11-14-28-29(16-25)38-21-37-28/h1-16H,17,19-21H2,(H,33,35). The summed E-state index contributed by atoms with van der Waals surface area (Å²) in [6, 6.07) is 31.4. The number of carbonyl (C=O) groups excluding carboxylic acids is 2. The summed E-state index contributed by atoms with van der Waals surface area (Å²) in [6.45, 7) is 0.933. The minimum Gasteiger partial charge on any atom is -0.454 e. The first-order chi connectivity index (χ1) is 18.6. The Bertz CT molecular complexity index is 1490. The second-order valence-electron chi connectivity index (χ2n) is 8.88. The van der Waals surface area contributed by atoms with Gasteiger partial charge in [-0.2, -0.15) is 5.26 Å². The van der Waals surface area contributed by atoms with E-state index in [9.17, 15) is 9.59 Å². The highest BCUT2D eigenvalue weighted by Gasteiger charge is 2.19. The van der Waals surface area contributed by atoms with Crippen LogP contribution in [0.4, 0.5) is 5.69 Å². The van der Waals surface area contributed by atoms with E-state index in [4.69, 9.17) is 14.7 Å². The molecule has 38 heavy (non-hydrogen) atoms. The summed E-state index contributed by atoms with van der Waals surface area (Å²) in [5.41, 5.74) is 4.33. The molecular weight excluding hydrogens is 478 g/mol. The molecular formula is C31H25N3O4. The minimum absolute atomic E-state index is 0.132. The van der Waals surface area contributed by atoms with Crippen LogP contribution in [0.5, 0.6) is 11.5 Å². The van der Waals surface area contributed by atoms with Gasteiger partial charge in [0.2, 0.25) is 12.7 Å². The van der Waals surface area contributed by atoms with Gasteiger partial charge in [-0.1, -0.05) is 48.5 Å². The predicted molar refractivity (Wildman–Crippen MR) is 143 cm³/mol. The highest BCUT2D eigenvalue weighted by Crippen LogP contribution is 2.32. The maximum absolute atomic E-state index is 13.6.